The Kier molecular flexibility index (Phi) is 3.89. The lowest BCUT2D eigenvalue weighted by Gasteiger charge is -2.13. The summed E-state index contributed by atoms with van der Waals surface area (Å²) in [5.41, 5.74) is 7.91. The zero-order valence-electron chi connectivity index (χ0n) is 12.4. The molecule has 1 aromatic heterocycles. The largest absolute Gasteiger partial charge is 0.424 e. The second-order valence-electron chi connectivity index (χ2n) is 4.82. The molecular weight excluding hydrogens is 268 g/mol. The minimum absolute atomic E-state index is 0.0904. The molecular formula is C14H16N6O. The van der Waals surface area contributed by atoms with Crippen molar-refractivity contribution < 1.29 is 4.74 Å². The van der Waals surface area contributed by atoms with E-state index < -0.39 is 0 Å². The van der Waals surface area contributed by atoms with Gasteiger partial charge in [-0.25, -0.2) is 0 Å². The molecule has 0 atom stereocenters. The Bertz CT molecular complexity index is 697. The Labute approximate surface area is 123 Å². The van der Waals surface area contributed by atoms with E-state index in [9.17, 15) is 0 Å². The molecule has 0 spiro atoms. The lowest BCUT2D eigenvalue weighted by atomic mass is 10.1. The molecule has 1 aromatic carbocycles. The first-order chi connectivity index (χ1) is 9.90. The van der Waals surface area contributed by atoms with Gasteiger partial charge in [0.25, 0.3) is 0 Å². The number of aryl methyl sites for hydroxylation is 2. The van der Waals surface area contributed by atoms with Gasteiger partial charge in [-0.3, -0.25) is 0 Å². The Hall–Kier alpha value is -2.88. The predicted molar refractivity (Wildman–Crippen MR) is 79.3 cm³/mol. The van der Waals surface area contributed by atoms with Crippen LogP contribution >= 0.6 is 0 Å². The van der Waals surface area contributed by atoms with Crippen LogP contribution in [0.4, 0.5) is 11.9 Å². The van der Waals surface area contributed by atoms with Gasteiger partial charge in [-0.15, -0.1) is 0 Å². The quantitative estimate of drug-likeness (QED) is 0.916. The topological polar surface area (TPSA) is 101 Å². The van der Waals surface area contributed by atoms with Crippen LogP contribution < -0.4 is 15.4 Å². The van der Waals surface area contributed by atoms with Crippen molar-refractivity contribution in [3.8, 4) is 17.8 Å². The number of nitriles is 1. The number of hydrogen-bond acceptors (Lipinski definition) is 7. The summed E-state index contributed by atoms with van der Waals surface area (Å²) in [4.78, 5) is 13.9. The maximum Gasteiger partial charge on any atom is 0.328 e. The summed E-state index contributed by atoms with van der Waals surface area (Å²) in [5.74, 6) is 1.12. The molecule has 0 amide bonds. The number of hydrogen-bond donors (Lipinski definition) is 1. The Morgan fingerprint density at radius 3 is 2.29 bits per heavy atom. The van der Waals surface area contributed by atoms with Gasteiger partial charge < -0.3 is 15.4 Å². The third-order valence-electron chi connectivity index (χ3n) is 2.80. The van der Waals surface area contributed by atoms with E-state index in [1.54, 1.807) is 31.1 Å². The highest BCUT2D eigenvalue weighted by atomic mass is 16.5. The molecule has 0 unspecified atom stereocenters. The summed E-state index contributed by atoms with van der Waals surface area (Å²) in [6.07, 6.45) is 0. The van der Waals surface area contributed by atoms with E-state index in [-0.39, 0.29) is 12.0 Å². The van der Waals surface area contributed by atoms with Gasteiger partial charge in [0, 0.05) is 14.1 Å². The molecule has 0 saturated carbocycles. The average Bonchev–Trinajstić information content (AvgIpc) is 2.42. The summed E-state index contributed by atoms with van der Waals surface area (Å²) in [6.45, 7) is 3.72. The summed E-state index contributed by atoms with van der Waals surface area (Å²) < 4.78 is 5.73. The highest BCUT2D eigenvalue weighted by Gasteiger charge is 2.12. The molecule has 7 heteroatoms. The van der Waals surface area contributed by atoms with Gasteiger partial charge in [0.15, 0.2) is 0 Å². The summed E-state index contributed by atoms with van der Waals surface area (Å²) in [5, 5.41) is 8.96. The van der Waals surface area contributed by atoms with Gasteiger partial charge in [-0.05, 0) is 37.1 Å². The van der Waals surface area contributed by atoms with E-state index in [1.165, 1.54) is 0 Å². The molecule has 2 N–H and O–H groups in total. The highest BCUT2D eigenvalue weighted by Crippen LogP contribution is 2.28. The normalized spacial score (nSPS) is 10.0. The SMILES string of the molecule is Cc1cc(C#N)cc(C)c1Oc1nc(N)nc(N(C)C)n1. The highest BCUT2D eigenvalue weighted by molar-refractivity contribution is 5.48. The van der Waals surface area contributed by atoms with E-state index >= 15 is 0 Å². The van der Waals surface area contributed by atoms with Crippen molar-refractivity contribution in [1.29, 1.82) is 5.26 Å². The lowest BCUT2D eigenvalue weighted by molar-refractivity contribution is 0.434. The molecule has 0 saturated heterocycles. The van der Waals surface area contributed by atoms with Crippen LogP contribution in [-0.2, 0) is 0 Å². The minimum Gasteiger partial charge on any atom is -0.424 e. The summed E-state index contributed by atoms with van der Waals surface area (Å²) in [6, 6.07) is 5.74. The van der Waals surface area contributed by atoms with Crippen LogP contribution in [0, 0.1) is 25.2 Å². The van der Waals surface area contributed by atoms with E-state index in [4.69, 9.17) is 15.7 Å². The monoisotopic (exact) mass is 284 g/mol. The third kappa shape index (κ3) is 3.17. The van der Waals surface area contributed by atoms with Crippen LogP contribution in [0.5, 0.6) is 11.8 Å². The molecule has 1 heterocycles. The maximum atomic E-state index is 8.96. The van der Waals surface area contributed by atoms with Crippen molar-refractivity contribution in [3.63, 3.8) is 0 Å². The molecule has 2 aromatic rings. The molecule has 108 valence electrons. The van der Waals surface area contributed by atoms with Gasteiger partial charge in [-0.2, -0.15) is 20.2 Å². The molecule has 0 aliphatic heterocycles. The van der Waals surface area contributed by atoms with Gasteiger partial charge in [-0.1, -0.05) is 0 Å². The molecule has 2 rings (SSSR count). The molecule has 0 aliphatic carbocycles. The first-order valence-corrected chi connectivity index (χ1v) is 6.28. The smallest absolute Gasteiger partial charge is 0.328 e. The molecule has 0 bridgehead atoms. The average molecular weight is 284 g/mol. The fourth-order valence-electron chi connectivity index (χ4n) is 1.87. The number of benzene rings is 1. The summed E-state index contributed by atoms with van der Waals surface area (Å²) in [7, 11) is 3.60. The zero-order valence-corrected chi connectivity index (χ0v) is 12.4. The fraction of sp³-hybridized carbons (Fsp3) is 0.286. The first kappa shape index (κ1) is 14.5. The zero-order chi connectivity index (χ0) is 15.6. The molecule has 7 nitrogen and oxygen atoms in total. The van der Waals surface area contributed by atoms with Crippen molar-refractivity contribution >= 4 is 11.9 Å². The maximum absolute atomic E-state index is 8.96. The predicted octanol–water partition coefficient (Wildman–Crippen LogP) is 1.80. The van der Waals surface area contributed by atoms with Crippen LogP contribution in [0.1, 0.15) is 16.7 Å². The van der Waals surface area contributed by atoms with Crippen LogP contribution in [-0.4, -0.2) is 29.0 Å². The van der Waals surface area contributed by atoms with Gasteiger partial charge in [0.2, 0.25) is 11.9 Å². The number of nitrogens with two attached hydrogens (primary N) is 1. The third-order valence-corrected chi connectivity index (χ3v) is 2.80. The lowest BCUT2D eigenvalue weighted by Crippen LogP contribution is -2.15. The van der Waals surface area contributed by atoms with Crippen LogP contribution in [0.2, 0.25) is 0 Å². The number of ether oxygens (including phenoxy) is 1. The molecule has 0 radical (unpaired) electrons. The Morgan fingerprint density at radius 1 is 1.14 bits per heavy atom. The van der Waals surface area contributed by atoms with Crippen LogP contribution in [0.3, 0.4) is 0 Å². The van der Waals surface area contributed by atoms with E-state index in [2.05, 4.69) is 21.0 Å². The number of rotatable bonds is 3. The van der Waals surface area contributed by atoms with Crippen molar-refractivity contribution in [2.75, 3.05) is 24.7 Å². The van der Waals surface area contributed by atoms with Crippen molar-refractivity contribution in [1.82, 2.24) is 15.0 Å². The number of nitrogen functional groups attached to an aromatic ring is 1. The number of aromatic nitrogens is 3. The Balaban J connectivity index is 2.41. The second kappa shape index (κ2) is 5.63. The van der Waals surface area contributed by atoms with Crippen molar-refractivity contribution in [2.24, 2.45) is 0 Å². The fourth-order valence-corrected chi connectivity index (χ4v) is 1.87. The van der Waals surface area contributed by atoms with Gasteiger partial charge in [0.05, 0.1) is 11.6 Å². The van der Waals surface area contributed by atoms with Gasteiger partial charge in [0.1, 0.15) is 5.75 Å². The molecule has 0 aliphatic rings. The van der Waals surface area contributed by atoms with Crippen molar-refractivity contribution in [2.45, 2.75) is 13.8 Å². The van der Waals surface area contributed by atoms with Crippen LogP contribution in [0.25, 0.3) is 0 Å². The summed E-state index contributed by atoms with van der Waals surface area (Å²) >= 11 is 0. The molecule has 0 fully saturated rings. The van der Waals surface area contributed by atoms with Crippen molar-refractivity contribution in [3.05, 3.63) is 28.8 Å². The van der Waals surface area contributed by atoms with Gasteiger partial charge >= 0.3 is 6.01 Å². The van der Waals surface area contributed by atoms with E-state index in [0.29, 0.717) is 17.3 Å². The standard InChI is InChI=1S/C14H16N6O/c1-8-5-10(7-15)6-9(2)11(8)21-14-18-12(16)17-13(19-14)20(3)4/h5-6H,1-4H3,(H2,16,17,18,19). The number of anilines is 2. The second-order valence-corrected chi connectivity index (χ2v) is 4.82. The van der Waals surface area contributed by atoms with Crippen LogP contribution in [0.15, 0.2) is 12.1 Å². The van der Waals surface area contributed by atoms with E-state index in [1.807, 2.05) is 13.8 Å². The van der Waals surface area contributed by atoms with E-state index in [0.717, 1.165) is 11.1 Å². The first-order valence-electron chi connectivity index (χ1n) is 6.28. The Morgan fingerprint density at radius 2 is 1.76 bits per heavy atom. The molecule has 21 heavy (non-hydrogen) atoms. The number of nitrogens with zero attached hydrogens (tertiary/aromatic N) is 5. The minimum atomic E-state index is 0.0904.